The van der Waals surface area contributed by atoms with Crippen LogP contribution < -0.4 is 0 Å². The monoisotopic (exact) mass is 272 g/mol. The van der Waals surface area contributed by atoms with E-state index in [2.05, 4.69) is 38.8 Å². The van der Waals surface area contributed by atoms with Crippen LogP contribution in [0.5, 0.6) is 0 Å². The highest BCUT2D eigenvalue weighted by atomic mass is 79.9. The molecule has 0 aliphatic carbocycles. The molecule has 0 saturated heterocycles. The third-order valence-electron chi connectivity index (χ3n) is 2.23. The van der Waals surface area contributed by atoms with Gasteiger partial charge in [-0.05, 0) is 34.1 Å². The predicted molar refractivity (Wildman–Crippen MR) is 64.8 cm³/mol. The minimum atomic E-state index is 0.773. The zero-order valence-corrected chi connectivity index (χ0v) is 10.8. The Bertz CT molecular complexity index is 294. The molecule has 1 heterocycles. The second kappa shape index (κ2) is 6.93. The lowest BCUT2D eigenvalue weighted by Gasteiger charge is -2.19. The van der Waals surface area contributed by atoms with Gasteiger partial charge < -0.3 is 4.74 Å². The molecular formula is C11H17BrN2O. The summed E-state index contributed by atoms with van der Waals surface area (Å²) < 4.78 is 6.10. The van der Waals surface area contributed by atoms with Crippen LogP contribution in [0.2, 0.25) is 0 Å². The third kappa shape index (κ3) is 4.73. The van der Waals surface area contributed by atoms with Gasteiger partial charge in [-0.1, -0.05) is 6.92 Å². The number of rotatable bonds is 6. The van der Waals surface area contributed by atoms with Crippen LogP contribution in [0.25, 0.3) is 0 Å². The summed E-state index contributed by atoms with van der Waals surface area (Å²) in [6.45, 7) is 5.83. The summed E-state index contributed by atoms with van der Waals surface area (Å²) in [4.78, 5) is 6.47. The second-order valence-corrected chi connectivity index (χ2v) is 4.29. The number of hydrogen-bond donors (Lipinski definition) is 0. The third-order valence-corrected chi connectivity index (χ3v) is 2.66. The first-order valence-electron chi connectivity index (χ1n) is 5.07. The first kappa shape index (κ1) is 12.6. The van der Waals surface area contributed by atoms with Crippen LogP contribution >= 0.6 is 15.9 Å². The molecule has 0 spiro atoms. The van der Waals surface area contributed by atoms with Gasteiger partial charge in [0.1, 0.15) is 0 Å². The summed E-state index contributed by atoms with van der Waals surface area (Å²) in [6, 6.07) is 2.10. The number of pyridine rings is 1. The fourth-order valence-corrected chi connectivity index (χ4v) is 1.78. The van der Waals surface area contributed by atoms with Crippen molar-refractivity contribution in [2.45, 2.75) is 13.5 Å². The van der Waals surface area contributed by atoms with Gasteiger partial charge in [0.05, 0.1) is 6.61 Å². The van der Waals surface area contributed by atoms with E-state index in [4.69, 9.17) is 4.74 Å². The Morgan fingerprint density at radius 2 is 2.27 bits per heavy atom. The quantitative estimate of drug-likeness (QED) is 0.795. The number of likely N-dealkylation sites (N-methyl/N-ethyl adjacent to an activating group) is 1. The summed E-state index contributed by atoms with van der Waals surface area (Å²) in [5.41, 5.74) is 1.22. The van der Waals surface area contributed by atoms with E-state index < -0.39 is 0 Å². The average Bonchev–Trinajstić information content (AvgIpc) is 2.24. The van der Waals surface area contributed by atoms with Crippen molar-refractivity contribution in [1.29, 1.82) is 0 Å². The van der Waals surface area contributed by atoms with Crippen LogP contribution in [0.4, 0.5) is 0 Å². The number of methoxy groups -OCH3 is 1. The van der Waals surface area contributed by atoms with Gasteiger partial charge in [0.25, 0.3) is 0 Å². The molecule has 0 bridgehead atoms. The molecule has 4 heteroatoms. The first-order chi connectivity index (χ1) is 7.26. The topological polar surface area (TPSA) is 25.4 Å². The SMILES string of the molecule is CCN(CCOC)Cc1cncc(Br)c1. The Hall–Kier alpha value is -0.450. The summed E-state index contributed by atoms with van der Waals surface area (Å²) in [7, 11) is 1.73. The van der Waals surface area contributed by atoms with E-state index in [1.54, 1.807) is 13.3 Å². The van der Waals surface area contributed by atoms with E-state index in [1.165, 1.54) is 5.56 Å². The zero-order chi connectivity index (χ0) is 11.1. The average molecular weight is 273 g/mol. The normalized spacial score (nSPS) is 10.9. The van der Waals surface area contributed by atoms with Crippen LogP contribution in [0, 0.1) is 0 Å². The number of nitrogens with zero attached hydrogens (tertiary/aromatic N) is 2. The Balaban J connectivity index is 2.50. The molecule has 0 amide bonds. The van der Waals surface area contributed by atoms with Crippen molar-refractivity contribution < 1.29 is 4.74 Å². The van der Waals surface area contributed by atoms with Crippen molar-refractivity contribution in [3.63, 3.8) is 0 Å². The number of halogens is 1. The molecule has 0 saturated carbocycles. The summed E-state index contributed by atoms with van der Waals surface area (Å²) in [5.74, 6) is 0. The maximum Gasteiger partial charge on any atom is 0.0589 e. The van der Waals surface area contributed by atoms with Gasteiger partial charge in [0.15, 0.2) is 0 Å². The van der Waals surface area contributed by atoms with Crippen molar-refractivity contribution in [1.82, 2.24) is 9.88 Å². The van der Waals surface area contributed by atoms with Gasteiger partial charge in [-0.15, -0.1) is 0 Å². The molecule has 0 unspecified atom stereocenters. The molecule has 0 aromatic carbocycles. The van der Waals surface area contributed by atoms with Crippen molar-refractivity contribution in [2.75, 3.05) is 26.8 Å². The predicted octanol–water partition coefficient (Wildman–Crippen LogP) is 2.31. The molecule has 0 radical (unpaired) electrons. The van der Waals surface area contributed by atoms with Gasteiger partial charge in [0.2, 0.25) is 0 Å². The Morgan fingerprint density at radius 3 is 2.87 bits per heavy atom. The summed E-state index contributed by atoms with van der Waals surface area (Å²) in [5, 5.41) is 0. The number of aromatic nitrogens is 1. The van der Waals surface area contributed by atoms with Crippen LogP contribution in [0.1, 0.15) is 12.5 Å². The number of hydrogen-bond acceptors (Lipinski definition) is 3. The summed E-state index contributed by atoms with van der Waals surface area (Å²) >= 11 is 3.42. The lowest BCUT2D eigenvalue weighted by atomic mass is 10.2. The van der Waals surface area contributed by atoms with Gasteiger partial charge >= 0.3 is 0 Å². The van der Waals surface area contributed by atoms with E-state index in [9.17, 15) is 0 Å². The second-order valence-electron chi connectivity index (χ2n) is 3.37. The highest BCUT2D eigenvalue weighted by Crippen LogP contribution is 2.11. The Kier molecular flexibility index (Phi) is 5.83. The van der Waals surface area contributed by atoms with E-state index in [0.717, 1.165) is 30.7 Å². The fraction of sp³-hybridized carbons (Fsp3) is 0.545. The standard InChI is InChI=1S/C11H17BrN2O/c1-3-14(4-5-15-2)9-10-6-11(12)8-13-7-10/h6-8H,3-5,9H2,1-2H3. The molecule has 1 rings (SSSR count). The first-order valence-corrected chi connectivity index (χ1v) is 5.86. The van der Waals surface area contributed by atoms with Crippen LogP contribution in [0.3, 0.4) is 0 Å². The van der Waals surface area contributed by atoms with E-state index in [1.807, 2.05) is 6.20 Å². The van der Waals surface area contributed by atoms with Gasteiger partial charge in [0, 0.05) is 37.1 Å². The molecule has 15 heavy (non-hydrogen) atoms. The molecule has 0 N–H and O–H groups in total. The maximum atomic E-state index is 5.07. The lowest BCUT2D eigenvalue weighted by Crippen LogP contribution is -2.26. The molecule has 84 valence electrons. The highest BCUT2D eigenvalue weighted by molar-refractivity contribution is 9.10. The molecule has 0 aliphatic rings. The van der Waals surface area contributed by atoms with E-state index >= 15 is 0 Å². The molecular weight excluding hydrogens is 256 g/mol. The fourth-order valence-electron chi connectivity index (χ4n) is 1.37. The minimum absolute atomic E-state index is 0.773. The van der Waals surface area contributed by atoms with Gasteiger partial charge in [-0.25, -0.2) is 0 Å². The highest BCUT2D eigenvalue weighted by Gasteiger charge is 2.03. The maximum absolute atomic E-state index is 5.07. The van der Waals surface area contributed by atoms with Gasteiger partial charge in [-0.3, -0.25) is 9.88 Å². The van der Waals surface area contributed by atoms with Crippen LogP contribution in [-0.4, -0.2) is 36.7 Å². The molecule has 1 aromatic heterocycles. The van der Waals surface area contributed by atoms with Crippen LogP contribution in [0.15, 0.2) is 22.9 Å². The molecule has 0 atom stereocenters. The molecule has 1 aromatic rings. The molecule has 3 nitrogen and oxygen atoms in total. The minimum Gasteiger partial charge on any atom is -0.383 e. The van der Waals surface area contributed by atoms with Crippen molar-refractivity contribution in [3.8, 4) is 0 Å². The van der Waals surface area contributed by atoms with Crippen molar-refractivity contribution in [3.05, 3.63) is 28.5 Å². The number of ether oxygens (including phenoxy) is 1. The van der Waals surface area contributed by atoms with Crippen molar-refractivity contribution >= 4 is 15.9 Å². The van der Waals surface area contributed by atoms with Gasteiger partial charge in [-0.2, -0.15) is 0 Å². The van der Waals surface area contributed by atoms with Crippen LogP contribution in [-0.2, 0) is 11.3 Å². The van der Waals surface area contributed by atoms with E-state index in [0.29, 0.717) is 0 Å². The van der Waals surface area contributed by atoms with Crippen molar-refractivity contribution in [2.24, 2.45) is 0 Å². The molecule has 0 fully saturated rings. The smallest absolute Gasteiger partial charge is 0.0589 e. The zero-order valence-electron chi connectivity index (χ0n) is 9.24. The lowest BCUT2D eigenvalue weighted by molar-refractivity contribution is 0.147. The largest absolute Gasteiger partial charge is 0.383 e. The van der Waals surface area contributed by atoms with E-state index in [-0.39, 0.29) is 0 Å². The summed E-state index contributed by atoms with van der Waals surface area (Å²) in [6.07, 6.45) is 3.70. The molecule has 0 aliphatic heterocycles. The Labute approximate surface area is 99.6 Å². The Morgan fingerprint density at radius 1 is 1.47 bits per heavy atom.